The fourth-order valence-corrected chi connectivity index (χ4v) is 2.77. The van der Waals surface area contributed by atoms with E-state index in [-0.39, 0.29) is 24.0 Å². The molecule has 1 aromatic rings. The van der Waals surface area contributed by atoms with Crippen LogP contribution in [0.3, 0.4) is 0 Å². The molecule has 0 aliphatic heterocycles. The van der Waals surface area contributed by atoms with E-state index in [1.807, 2.05) is 0 Å². The van der Waals surface area contributed by atoms with Crippen molar-refractivity contribution in [2.75, 3.05) is 0 Å². The molecule has 0 N–H and O–H groups in total. The lowest BCUT2D eigenvalue weighted by Crippen LogP contribution is -2.28. The molecule has 0 unspecified atom stereocenters. The average Bonchev–Trinajstić information content (AvgIpc) is 2.89. The smallest absolute Gasteiger partial charge is 0.207 e. The van der Waals surface area contributed by atoms with Crippen LogP contribution in [-0.2, 0) is 0 Å². The standard InChI is InChI=1S/C15H15NO2/c17-14-9-13(16-10-5-1-2-6-10)15(18)12-8-4-3-7-11(12)14/h3-4,7-8,10H,1-2,5-6,9H2. The Morgan fingerprint density at radius 3 is 2.39 bits per heavy atom. The van der Waals surface area contributed by atoms with Crippen LogP contribution in [0.15, 0.2) is 29.3 Å². The summed E-state index contributed by atoms with van der Waals surface area (Å²) in [4.78, 5) is 28.8. The number of carbonyl (C=O) groups excluding carboxylic acids is 2. The summed E-state index contributed by atoms with van der Waals surface area (Å²) < 4.78 is 0. The highest BCUT2D eigenvalue weighted by atomic mass is 16.1. The van der Waals surface area contributed by atoms with Gasteiger partial charge >= 0.3 is 0 Å². The Morgan fingerprint density at radius 1 is 1.00 bits per heavy atom. The maximum Gasteiger partial charge on any atom is 0.207 e. The summed E-state index contributed by atoms with van der Waals surface area (Å²) in [6.45, 7) is 0. The first-order valence-corrected chi connectivity index (χ1v) is 6.49. The summed E-state index contributed by atoms with van der Waals surface area (Å²) in [5, 5.41) is 0. The van der Waals surface area contributed by atoms with Crippen molar-refractivity contribution in [1.29, 1.82) is 0 Å². The lowest BCUT2D eigenvalue weighted by Gasteiger charge is -2.16. The summed E-state index contributed by atoms with van der Waals surface area (Å²) in [6, 6.07) is 7.29. The van der Waals surface area contributed by atoms with E-state index >= 15 is 0 Å². The summed E-state index contributed by atoms with van der Waals surface area (Å²) >= 11 is 0. The van der Waals surface area contributed by atoms with Crippen LogP contribution in [0.1, 0.15) is 52.8 Å². The largest absolute Gasteiger partial charge is 0.294 e. The number of Topliss-reactive ketones (excluding diaryl/α,β-unsaturated/α-hetero) is 2. The van der Waals surface area contributed by atoms with Crippen molar-refractivity contribution in [3.05, 3.63) is 35.4 Å². The molecule has 0 aromatic heterocycles. The predicted molar refractivity (Wildman–Crippen MR) is 69.4 cm³/mol. The minimum atomic E-state index is -0.0582. The van der Waals surface area contributed by atoms with Gasteiger partial charge in [-0.25, -0.2) is 0 Å². The lowest BCUT2D eigenvalue weighted by molar-refractivity contribution is 0.0964. The highest BCUT2D eigenvalue weighted by molar-refractivity contribution is 6.52. The number of aliphatic imine (C=N–C) groups is 1. The molecular weight excluding hydrogens is 226 g/mol. The molecule has 0 bridgehead atoms. The molecule has 1 fully saturated rings. The average molecular weight is 241 g/mol. The topological polar surface area (TPSA) is 46.5 Å². The second-order valence-corrected chi connectivity index (χ2v) is 4.99. The van der Waals surface area contributed by atoms with Crippen molar-refractivity contribution in [3.63, 3.8) is 0 Å². The third-order valence-electron chi connectivity index (χ3n) is 3.73. The highest BCUT2D eigenvalue weighted by Gasteiger charge is 2.29. The zero-order chi connectivity index (χ0) is 12.5. The molecule has 0 heterocycles. The van der Waals surface area contributed by atoms with Gasteiger partial charge in [-0.05, 0) is 12.8 Å². The van der Waals surface area contributed by atoms with Gasteiger partial charge in [0.1, 0.15) is 0 Å². The van der Waals surface area contributed by atoms with Gasteiger partial charge in [-0.15, -0.1) is 0 Å². The maximum absolute atomic E-state index is 12.3. The normalized spacial score (nSPS) is 22.6. The molecule has 0 atom stereocenters. The first-order valence-electron chi connectivity index (χ1n) is 6.49. The molecule has 1 saturated carbocycles. The number of hydrogen-bond acceptors (Lipinski definition) is 3. The van der Waals surface area contributed by atoms with Crippen LogP contribution in [0.25, 0.3) is 0 Å². The summed E-state index contributed by atoms with van der Waals surface area (Å²) in [7, 11) is 0. The van der Waals surface area contributed by atoms with Crippen LogP contribution in [0.2, 0.25) is 0 Å². The molecule has 3 rings (SSSR count). The van der Waals surface area contributed by atoms with E-state index in [0.29, 0.717) is 16.8 Å². The Balaban J connectivity index is 1.96. The molecule has 0 radical (unpaired) electrons. The Bertz CT molecular complexity index is 539. The molecule has 0 amide bonds. The number of fused-ring (bicyclic) bond motifs is 1. The zero-order valence-corrected chi connectivity index (χ0v) is 10.2. The van der Waals surface area contributed by atoms with Crippen LogP contribution >= 0.6 is 0 Å². The molecule has 1 aromatic carbocycles. The van der Waals surface area contributed by atoms with Crippen molar-refractivity contribution in [1.82, 2.24) is 0 Å². The van der Waals surface area contributed by atoms with Crippen LogP contribution in [-0.4, -0.2) is 23.3 Å². The van der Waals surface area contributed by atoms with E-state index in [9.17, 15) is 9.59 Å². The van der Waals surface area contributed by atoms with Gasteiger partial charge in [0.25, 0.3) is 0 Å². The number of carbonyl (C=O) groups is 2. The van der Waals surface area contributed by atoms with Gasteiger partial charge in [-0.2, -0.15) is 0 Å². The highest BCUT2D eigenvalue weighted by Crippen LogP contribution is 2.24. The minimum absolute atomic E-state index is 0.0157. The number of benzene rings is 1. The van der Waals surface area contributed by atoms with Crippen molar-refractivity contribution in [2.45, 2.75) is 38.1 Å². The lowest BCUT2D eigenvalue weighted by atomic mass is 9.88. The number of ketones is 2. The molecule has 0 spiro atoms. The monoisotopic (exact) mass is 241 g/mol. The van der Waals surface area contributed by atoms with E-state index in [0.717, 1.165) is 12.8 Å². The van der Waals surface area contributed by atoms with E-state index in [2.05, 4.69) is 4.99 Å². The molecule has 3 heteroatoms. The summed E-state index contributed by atoms with van der Waals surface area (Å²) in [6.07, 6.45) is 4.63. The Hall–Kier alpha value is -1.77. The number of rotatable bonds is 1. The minimum Gasteiger partial charge on any atom is -0.294 e. The molecule has 92 valence electrons. The third kappa shape index (κ3) is 1.90. The Morgan fingerprint density at radius 2 is 1.67 bits per heavy atom. The third-order valence-corrected chi connectivity index (χ3v) is 3.73. The Kier molecular flexibility index (Phi) is 2.82. The van der Waals surface area contributed by atoms with E-state index in [1.165, 1.54) is 12.8 Å². The van der Waals surface area contributed by atoms with Gasteiger partial charge in [-0.1, -0.05) is 37.1 Å². The van der Waals surface area contributed by atoms with Gasteiger partial charge in [-0.3, -0.25) is 14.6 Å². The summed E-state index contributed by atoms with van der Waals surface area (Å²) in [5.41, 5.74) is 1.53. The second-order valence-electron chi connectivity index (χ2n) is 4.99. The van der Waals surface area contributed by atoms with Crippen molar-refractivity contribution in [2.24, 2.45) is 4.99 Å². The van der Waals surface area contributed by atoms with E-state index < -0.39 is 0 Å². The van der Waals surface area contributed by atoms with Gasteiger partial charge in [0.05, 0.1) is 18.2 Å². The number of nitrogens with zero attached hydrogens (tertiary/aromatic N) is 1. The Labute approximate surface area is 106 Å². The van der Waals surface area contributed by atoms with E-state index in [4.69, 9.17) is 0 Å². The molecule has 2 aliphatic carbocycles. The van der Waals surface area contributed by atoms with Gasteiger partial charge in [0.15, 0.2) is 5.78 Å². The molecule has 2 aliphatic rings. The van der Waals surface area contributed by atoms with Crippen LogP contribution < -0.4 is 0 Å². The molecule has 18 heavy (non-hydrogen) atoms. The number of hydrogen-bond donors (Lipinski definition) is 0. The molecule has 3 nitrogen and oxygen atoms in total. The van der Waals surface area contributed by atoms with Crippen LogP contribution in [0, 0.1) is 0 Å². The fourth-order valence-electron chi connectivity index (χ4n) is 2.77. The van der Waals surface area contributed by atoms with Crippen LogP contribution in [0.5, 0.6) is 0 Å². The van der Waals surface area contributed by atoms with E-state index in [1.54, 1.807) is 24.3 Å². The fraction of sp³-hybridized carbons (Fsp3) is 0.400. The predicted octanol–water partition coefficient (Wildman–Crippen LogP) is 2.84. The van der Waals surface area contributed by atoms with Crippen molar-refractivity contribution < 1.29 is 9.59 Å². The van der Waals surface area contributed by atoms with Gasteiger partial charge in [0, 0.05) is 11.1 Å². The van der Waals surface area contributed by atoms with Crippen molar-refractivity contribution >= 4 is 17.3 Å². The zero-order valence-electron chi connectivity index (χ0n) is 10.2. The van der Waals surface area contributed by atoms with Crippen molar-refractivity contribution in [3.8, 4) is 0 Å². The second kappa shape index (κ2) is 4.48. The van der Waals surface area contributed by atoms with Gasteiger partial charge in [0.2, 0.25) is 5.78 Å². The first-order chi connectivity index (χ1) is 8.75. The molecule has 0 saturated heterocycles. The van der Waals surface area contributed by atoms with Gasteiger partial charge < -0.3 is 0 Å². The molecular formula is C15H15NO2. The first kappa shape index (κ1) is 11.3. The quantitative estimate of drug-likeness (QED) is 0.759. The maximum atomic E-state index is 12.3. The SMILES string of the molecule is O=C1CC(=NC2CCCC2)C(=O)c2ccccc21. The summed E-state index contributed by atoms with van der Waals surface area (Å²) in [5.74, 6) is -0.0425. The van der Waals surface area contributed by atoms with Crippen LogP contribution in [0.4, 0.5) is 0 Å².